The molecule has 0 heterocycles. The van der Waals surface area contributed by atoms with E-state index in [2.05, 4.69) is 11.6 Å². The predicted octanol–water partition coefficient (Wildman–Crippen LogP) is 2.27. The van der Waals surface area contributed by atoms with Crippen molar-refractivity contribution in [1.29, 1.82) is 0 Å². The van der Waals surface area contributed by atoms with Gasteiger partial charge in [-0.05, 0) is 36.0 Å². The molecule has 0 aliphatic heterocycles. The molecule has 1 aliphatic carbocycles. The standard InChI is InChI=1S/C14H22N2O2S/c1-14(7-2-3-8-14)11-16-19(17,18)10-12-5-4-6-13(15)9-12/h4-6,9,16H,2-3,7-8,10-11,15H2,1H3. The zero-order valence-electron chi connectivity index (χ0n) is 11.4. The normalized spacial score (nSPS) is 18.6. The summed E-state index contributed by atoms with van der Waals surface area (Å²) in [6.45, 7) is 2.70. The van der Waals surface area contributed by atoms with Crippen molar-refractivity contribution >= 4 is 15.7 Å². The van der Waals surface area contributed by atoms with E-state index in [9.17, 15) is 8.42 Å². The molecule has 0 radical (unpaired) electrons. The molecule has 1 aliphatic rings. The van der Waals surface area contributed by atoms with Crippen LogP contribution in [0.4, 0.5) is 5.69 Å². The molecule has 0 spiro atoms. The Morgan fingerprint density at radius 1 is 1.32 bits per heavy atom. The molecule has 106 valence electrons. The van der Waals surface area contributed by atoms with Crippen LogP contribution in [0.3, 0.4) is 0 Å². The van der Waals surface area contributed by atoms with Crippen LogP contribution in [0.2, 0.25) is 0 Å². The molecule has 1 aromatic rings. The number of sulfonamides is 1. The van der Waals surface area contributed by atoms with Crippen molar-refractivity contribution in [2.24, 2.45) is 5.41 Å². The van der Waals surface area contributed by atoms with Gasteiger partial charge >= 0.3 is 0 Å². The third-order valence-corrected chi connectivity index (χ3v) is 5.13. The molecular formula is C14H22N2O2S. The van der Waals surface area contributed by atoms with E-state index in [1.807, 2.05) is 0 Å². The van der Waals surface area contributed by atoms with E-state index >= 15 is 0 Å². The van der Waals surface area contributed by atoms with Gasteiger partial charge in [0.05, 0.1) is 5.75 Å². The summed E-state index contributed by atoms with van der Waals surface area (Å²) in [6.07, 6.45) is 4.61. The SMILES string of the molecule is CC1(CNS(=O)(=O)Cc2cccc(N)c2)CCCC1. The van der Waals surface area contributed by atoms with Crippen molar-refractivity contribution in [2.45, 2.75) is 38.4 Å². The van der Waals surface area contributed by atoms with Crippen LogP contribution < -0.4 is 10.5 Å². The number of rotatable bonds is 5. The van der Waals surface area contributed by atoms with Crippen molar-refractivity contribution in [3.8, 4) is 0 Å². The highest BCUT2D eigenvalue weighted by Gasteiger charge is 2.29. The molecular weight excluding hydrogens is 260 g/mol. The van der Waals surface area contributed by atoms with E-state index in [4.69, 9.17) is 5.73 Å². The number of benzene rings is 1. The first kappa shape index (κ1) is 14.3. The summed E-state index contributed by atoms with van der Waals surface area (Å²) in [5.41, 5.74) is 7.10. The molecule has 0 aromatic heterocycles. The Kier molecular flexibility index (Phi) is 4.16. The van der Waals surface area contributed by atoms with Crippen molar-refractivity contribution in [3.05, 3.63) is 29.8 Å². The molecule has 1 aromatic carbocycles. The van der Waals surface area contributed by atoms with E-state index in [0.29, 0.717) is 12.2 Å². The van der Waals surface area contributed by atoms with Crippen molar-refractivity contribution < 1.29 is 8.42 Å². The van der Waals surface area contributed by atoms with Crippen molar-refractivity contribution in [3.63, 3.8) is 0 Å². The molecule has 0 unspecified atom stereocenters. The van der Waals surface area contributed by atoms with Gasteiger partial charge in [0.15, 0.2) is 0 Å². The van der Waals surface area contributed by atoms with Crippen LogP contribution in [0.5, 0.6) is 0 Å². The topological polar surface area (TPSA) is 72.2 Å². The average Bonchev–Trinajstić information content (AvgIpc) is 2.74. The van der Waals surface area contributed by atoms with Gasteiger partial charge in [0, 0.05) is 12.2 Å². The Bertz CT molecular complexity index is 534. The molecule has 0 saturated heterocycles. The fraction of sp³-hybridized carbons (Fsp3) is 0.571. The highest BCUT2D eigenvalue weighted by Crippen LogP contribution is 2.36. The maximum Gasteiger partial charge on any atom is 0.215 e. The third-order valence-electron chi connectivity index (χ3n) is 3.84. The molecule has 3 N–H and O–H groups in total. The minimum atomic E-state index is -3.28. The lowest BCUT2D eigenvalue weighted by Crippen LogP contribution is -2.34. The summed E-state index contributed by atoms with van der Waals surface area (Å²) in [7, 11) is -3.28. The number of nitrogens with two attached hydrogens (primary N) is 1. The second-order valence-corrected chi connectivity index (χ2v) is 7.65. The molecule has 0 amide bonds. The third kappa shape index (κ3) is 4.21. The van der Waals surface area contributed by atoms with Gasteiger partial charge in [-0.3, -0.25) is 0 Å². The fourth-order valence-electron chi connectivity index (χ4n) is 2.64. The van der Waals surface area contributed by atoms with E-state index in [-0.39, 0.29) is 11.2 Å². The molecule has 1 fully saturated rings. The Labute approximate surface area is 115 Å². The quantitative estimate of drug-likeness (QED) is 0.814. The van der Waals surface area contributed by atoms with Crippen molar-refractivity contribution in [1.82, 2.24) is 4.72 Å². The van der Waals surface area contributed by atoms with Gasteiger partial charge in [-0.25, -0.2) is 13.1 Å². The first-order chi connectivity index (χ1) is 8.89. The lowest BCUT2D eigenvalue weighted by molar-refractivity contribution is 0.336. The zero-order valence-corrected chi connectivity index (χ0v) is 12.2. The van der Waals surface area contributed by atoms with Gasteiger partial charge in [-0.2, -0.15) is 0 Å². The summed E-state index contributed by atoms with van der Waals surface area (Å²) in [6, 6.07) is 7.02. The van der Waals surface area contributed by atoms with Gasteiger partial charge in [-0.15, -0.1) is 0 Å². The van der Waals surface area contributed by atoms with Crippen LogP contribution in [0.25, 0.3) is 0 Å². The fourth-order valence-corrected chi connectivity index (χ4v) is 3.93. The van der Waals surface area contributed by atoms with Gasteiger partial charge < -0.3 is 5.73 Å². The second kappa shape index (κ2) is 5.51. The van der Waals surface area contributed by atoms with E-state index in [0.717, 1.165) is 18.4 Å². The molecule has 2 rings (SSSR count). The minimum absolute atomic E-state index is 0.00583. The van der Waals surface area contributed by atoms with E-state index in [1.165, 1.54) is 12.8 Å². The lowest BCUT2D eigenvalue weighted by atomic mass is 9.89. The van der Waals surface area contributed by atoms with Gasteiger partial charge in [-0.1, -0.05) is 31.9 Å². The van der Waals surface area contributed by atoms with Crippen LogP contribution in [0.1, 0.15) is 38.2 Å². The largest absolute Gasteiger partial charge is 0.399 e. The summed E-state index contributed by atoms with van der Waals surface area (Å²) >= 11 is 0. The monoisotopic (exact) mass is 282 g/mol. The van der Waals surface area contributed by atoms with Crippen LogP contribution in [0, 0.1) is 5.41 Å². The first-order valence-corrected chi connectivity index (χ1v) is 8.36. The molecule has 4 nitrogen and oxygen atoms in total. The number of hydrogen-bond donors (Lipinski definition) is 2. The highest BCUT2D eigenvalue weighted by atomic mass is 32.2. The Morgan fingerprint density at radius 3 is 2.63 bits per heavy atom. The predicted molar refractivity (Wildman–Crippen MR) is 78.1 cm³/mol. The van der Waals surface area contributed by atoms with Gasteiger partial charge in [0.25, 0.3) is 0 Å². The zero-order chi connectivity index (χ0) is 13.9. The number of nitrogen functional groups attached to an aromatic ring is 1. The first-order valence-electron chi connectivity index (χ1n) is 6.70. The maximum atomic E-state index is 12.1. The van der Waals surface area contributed by atoms with Crippen LogP contribution in [-0.2, 0) is 15.8 Å². The lowest BCUT2D eigenvalue weighted by Gasteiger charge is -2.23. The molecule has 19 heavy (non-hydrogen) atoms. The molecule has 1 saturated carbocycles. The Hall–Kier alpha value is -1.07. The van der Waals surface area contributed by atoms with Crippen molar-refractivity contribution in [2.75, 3.05) is 12.3 Å². The number of nitrogens with one attached hydrogen (secondary N) is 1. The Balaban J connectivity index is 1.95. The van der Waals surface area contributed by atoms with Crippen LogP contribution in [0.15, 0.2) is 24.3 Å². The maximum absolute atomic E-state index is 12.1. The van der Waals surface area contributed by atoms with Crippen LogP contribution >= 0.6 is 0 Å². The number of hydrogen-bond acceptors (Lipinski definition) is 3. The van der Waals surface area contributed by atoms with Gasteiger partial charge in [0.2, 0.25) is 10.0 Å². The molecule has 0 bridgehead atoms. The average molecular weight is 282 g/mol. The summed E-state index contributed by atoms with van der Waals surface area (Å²) < 4.78 is 26.9. The van der Waals surface area contributed by atoms with E-state index in [1.54, 1.807) is 24.3 Å². The molecule has 0 atom stereocenters. The Morgan fingerprint density at radius 2 is 2.00 bits per heavy atom. The highest BCUT2D eigenvalue weighted by molar-refractivity contribution is 7.88. The van der Waals surface area contributed by atoms with Gasteiger partial charge in [0.1, 0.15) is 0 Å². The second-order valence-electron chi connectivity index (χ2n) is 5.84. The summed E-state index contributed by atoms with van der Waals surface area (Å²) in [5.74, 6) is -0.00583. The number of anilines is 1. The van der Waals surface area contributed by atoms with E-state index < -0.39 is 10.0 Å². The summed E-state index contributed by atoms with van der Waals surface area (Å²) in [4.78, 5) is 0. The smallest absolute Gasteiger partial charge is 0.215 e. The molecule has 5 heteroatoms. The summed E-state index contributed by atoms with van der Waals surface area (Å²) in [5, 5.41) is 0. The minimum Gasteiger partial charge on any atom is -0.399 e. The van der Waals surface area contributed by atoms with Crippen LogP contribution in [-0.4, -0.2) is 15.0 Å².